The summed E-state index contributed by atoms with van der Waals surface area (Å²) in [6, 6.07) is 2.76. The zero-order valence-electron chi connectivity index (χ0n) is 25.3. The van der Waals surface area contributed by atoms with Gasteiger partial charge in [-0.25, -0.2) is 0 Å². The number of ether oxygens (including phenoxy) is 2. The summed E-state index contributed by atoms with van der Waals surface area (Å²) in [6.07, 6.45) is -2.68. The highest BCUT2D eigenvalue weighted by atomic mass is 19.3. The van der Waals surface area contributed by atoms with Gasteiger partial charge >= 0.3 is 6.61 Å². The van der Waals surface area contributed by atoms with Crippen LogP contribution < -0.4 is 20.1 Å². The maximum Gasteiger partial charge on any atom is 0.387 e. The van der Waals surface area contributed by atoms with Crippen molar-refractivity contribution >= 4 is 23.0 Å². The molecule has 10 nitrogen and oxygen atoms in total. The van der Waals surface area contributed by atoms with Crippen molar-refractivity contribution in [3.63, 3.8) is 0 Å². The average molecular weight is 481 g/mol. The number of methoxy groups -OCH3 is 1. The predicted molar refractivity (Wildman–Crippen MR) is 119 cm³/mol. The molecule has 4 rings (SSSR count). The molecule has 1 fully saturated rings. The largest absolute Gasteiger partial charge is 0.496 e. The molecule has 2 N–H and O–H groups in total. The molecule has 2 aromatic carbocycles. The number of hydrogen-bond acceptors (Lipinski definition) is 7. The van der Waals surface area contributed by atoms with Crippen molar-refractivity contribution in [2.45, 2.75) is 25.4 Å². The molecule has 1 heterocycles. The first-order valence-corrected chi connectivity index (χ1v) is 9.46. The average Bonchev–Trinajstić information content (AvgIpc) is 3.13. The van der Waals surface area contributed by atoms with Crippen molar-refractivity contribution in [1.82, 2.24) is 15.1 Å². The quantitative estimate of drug-likeness (QED) is 0.346. The molecule has 3 aromatic rings. The molecule has 0 unspecified atom stereocenters. The predicted octanol–water partition coefficient (Wildman–Crippen LogP) is 4.24. The molecular weight excluding hydrogens is 452 g/mol. The second-order valence-electron chi connectivity index (χ2n) is 6.92. The van der Waals surface area contributed by atoms with Crippen LogP contribution in [0.4, 0.5) is 25.8 Å². The lowest BCUT2D eigenvalue weighted by atomic mass is 10.1. The number of anilines is 2. The number of carbonyl (C=O) groups is 1. The van der Waals surface area contributed by atoms with Crippen LogP contribution in [0.1, 0.15) is 34.1 Å². The zero-order valence-corrected chi connectivity index (χ0v) is 17.3. The van der Waals surface area contributed by atoms with Crippen LogP contribution in [0.25, 0.3) is 11.1 Å². The van der Waals surface area contributed by atoms with E-state index in [0.717, 1.165) is 12.1 Å². The summed E-state index contributed by atoms with van der Waals surface area (Å²) in [6.45, 7) is -3.58. The van der Waals surface area contributed by atoms with E-state index < -0.39 is 66.0 Å². The van der Waals surface area contributed by atoms with Crippen molar-refractivity contribution < 1.29 is 38.9 Å². The number of nitrogens with one attached hydrogen (secondary N) is 2. The van der Waals surface area contributed by atoms with Gasteiger partial charge in [-0.15, -0.1) is 0 Å². The molecular formula is C22H21F2N5O5. The van der Waals surface area contributed by atoms with E-state index in [-0.39, 0.29) is 11.4 Å². The molecule has 0 atom stereocenters. The molecule has 1 aliphatic carbocycles. The Hall–Kier alpha value is -4.22. The van der Waals surface area contributed by atoms with Crippen LogP contribution in [-0.2, 0) is 7.05 Å². The Morgan fingerprint density at radius 1 is 1.35 bits per heavy atom. The zero-order chi connectivity index (χ0) is 31.4. The van der Waals surface area contributed by atoms with E-state index in [0.29, 0.717) is 11.1 Å². The van der Waals surface area contributed by atoms with Crippen LogP contribution in [0, 0.1) is 10.1 Å². The van der Waals surface area contributed by atoms with Crippen LogP contribution in [0.2, 0.25) is 0 Å². The SMILES string of the molecule is [2H]C([2H])([2H])Oc1cc(Nc2ccc(-c3cnn(C)c3)cc2[N+](=O)[O-])cc(OC(F)F)c1C(=O)NC1([2H])C([2H])([2H])C1([2H])[2H]. The minimum atomic E-state index is -3.58. The third kappa shape index (κ3) is 5.05. The first-order valence-electron chi connectivity index (χ1n) is 13.5. The summed E-state index contributed by atoms with van der Waals surface area (Å²) in [5.41, 5.74) is -0.969. The van der Waals surface area contributed by atoms with Gasteiger partial charge in [0.05, 0.1) is 23.6 Å². The number of aryl methyl sites for hydroxylation is 1. The summed E-state index contributed by atoms with van der Waals surface area (Å²) >= 11 is 0. The molecule has 0 spiro atoms. The Morgan fingerprint density at radius 2 is 2.12 bits per heavy atom. The summed E-state index contributed by atoms with van der Waals surface area (Å²) in [4.78, 5) is 24.2. The molecule has 1 saturated carbocycles. The van der Waals surface area contributed by atoms with Gasteiger partial charge in [0.2, 0.25) is 0 Å². The van der Waals surface area contributed by atoms with E-state index in [9.17, 15) is 23.7 Å². The van der Waals surface area contributed by atoms with Gasteiger partial charge in [0.1, 0.15) is 22.7 Å². The molecule has 1 amide bonds. The highest BCUT2D eigenvalue weighted by Gasteiger charge is 2.29. The Morgan fingerprint density at radius 3 is 2.74 bits per heavy atom. The van der Waals surface area contributed by atoms with Crippen LogP contribution in [0.3, 0.4) is 0 Å². The molecule has 178 valence electrons. The van der Waals surface area contributed by atoms with E-state index in [1.165, 1.54) is 29.1 Å². The Kier molecular flexibility index (Phi) is 4.07. The van der Waals surface area contributed by atoms with Gasteiger partial charge in [-0.1, -0.05) is 6.07 Å². The number of aromatic nitrogens is 2. The lowest BCUT2D eigenvalue weighted by Crippen LogP contribution is -2.26. The minimum Gasteiger partial charge on any atom is -0.496 e. The highest BCUT2D eigenvalue weighted by molar-refractivity contribution is 6.01. The van der Waals surface area contributed by atoms with E-state index in [1.54, 1.807) is 18.6 Å². The number of nitro benzene ring substituents is 1. The number of nitro groups is 1. The van der Waals surface area contributed by atoms with Crippen molar-refractivity contribution in [3.8, 4) is 22.6 Å². The Balaban J connectivity index is 1.80. The first-order chi connectivity index (χ1) is 19.3. The maximum absolute atomic E-state index is 13.4. The third-order valence-electron chi connectivity index (χ3n) is 4.62. The van der Waals surface area contributed by atoms with Crippen molar-refractivity contribution in [2.75, 3.05) is 12.4 Å². The minimum absolute atomic E-state index is 0.169. The summed E-state index contributed by atoms with van der Waals surface area (Å²) in [5, 5.41) is 20.2. The summed E-state index contributed by atoms with van der Waals surface area (Å²) in [7, 11) is -1.62. The monoisotopic (exact) mass is 481 g/mol. The smallest absolute Gasteiger partial charge is 0.387 e. The number of benzene rings is 2. The van der Waals surface area contributed by atoms with E-state index in [2.05, 4.69) is 15.2 Å². The van der Waals surface area contributed by atoms with Crippen LogP contribution in [-0.4, -0.2) is 40.3 Å². The first kappa shape index (κ1) is 14.8. The molecule has 0 bridgehead atoms. The molecule has 0 aliphatic heterocycles. The Bertz CT molecular complexity index is 1550. The fourth-order valence-electron chi connectivity index (χ4n) is 3.12. The van der Waals surface area contributed by atoms with Crippen molar-refractivity contribution in [2.24, 2.45) is 7.05 Å². The number of halogens is 2. The van der Waals surface area contributed by atoms with Crippen LogP contribution >= 0.6 is 0 Å². The molecule has 12 heteroatoms. The van der Waals surface area contributed by atoms with E-state index >= 15 is 0 Å². The van der Waals surface area contributed by atoms with Gasteiger partial charge in [0.25, 0.3) is 11.6 Å². The summed E-state index contributed by atoms with van der Waals surface area (Å²) in [5.74, 6) is -3.47. The van der Waals surface area contributed by atoms with E-state index in [1.807, 2.05) is 0 Å². The van der Waals surface area contributed by atoms with Gasteiger partial charge < -0.3 is 20.1 Å². The van der Waals surface area contributed by atoms with E-state index in [4.69, 9.17) is 15.7 Å². The molecule has 0 radical (unpaired) electrons. The van der Waals surface area contributed by atoms with Gasteiger partial charge in [0, 0.05) is 54.2 Å². The molecule has 1 aliphatic rings. The standard InChI is InChI=1S/C22H21F2N5O5/c1-28-11-13(10-25-28)12-3-6-16(17(7-12)29(31)32)26-15-8-18(33-2)20(19(9-15)34-22(23)24)21(30)27-14-4-5-14/h3,6-11,14,22,26H,4-5H2,1-2H3,(H,27,30)/i2D3,4D2,5D2,14D. The lowest BCUT2D eigenvalue weighted by Gasteiger charge is -2.17. The Labute approximate surface area is 203 Å². The topological polar surface area (TPSA) is 121 Å². The second-order valence-corrected chi connectivity index (χ2v) is 6.92. The molecule has 34 heavy (non-hydrogen) atoms. The fraction of sp³-hybridized carbons (Fsp3) is 0.273. The van der Waals surface area contributed by atoms with Gasteiger partial charge in [-0.2, -0.15) is 13.9 Å². The van der Waals surface area contributed by atoms with Gasteiger partial charge in [-0.05, 0) is 24.4 Å². The van der Waals surface area contributed by atoms with Crippen molar-refractivity contribution in [3.05, 3.63) is 58.4 Å². The van der Waals surface area contributed by atoms with Crippen molar-refractivity contribution in [1.29, 1.82) is 0 Å². The normalized spacial score (nSPS) is 20.7. The maximum atomic E-state index is 13.4. The number of amides is 1. The summed E-state index contributed by atoms with van der Waals surface area (Å²) < 4.78 is 98.5. The van der Waals surface area contributed by atoms with Crippen LogP contribution in [0.15, 0.2) is 42.7 Å². The van der Waals surface area contributed by atoms with Gasteiger partial charge in [-0.3, -0.25) is 19.6 Å². The third-order valence-corrected chi connectivity index (χ3v) is 4.62. The molecule has 1 aromatic heterocycles. The number of alkyl halides is 2. The number of nitrogens with zero attached hydrogens (tertiary/aromatic N) is 3. The number of carbonyl (C=O) groups excluding carboxylic acids is 1. The number of rotatable bonds is 9. The second kappa shape index (κ2) is 9.33. The highest BCUT2D eigenvalue weighted by Crippen LogP contribution is 2.38. The fourth-order valence-corrected chi connectivity index (χ4v) is 3.12. The van der Waals surface area contributed by atoms with Crippen LogP contribution in [0.5, 0.6) is 11.5 Å². The lowest BCUT2D eigenvalue weighted by molar-refractivity contribution is -0.383. The number of hydrogen-bond donors (Lipinski definition) is 2. The molecule has 0 saturated heterocycles. The van der Waals surface area contributed by atoms with Gasteiger partial charge in [0.15, 0.2) is 0 Å².